The van der Waals surface area contributed by atoms with Gasteiger partial charge >= 0.3 is 0 Å². The molecule has 5 nitrogen and oxygen atoms in total. The zero-order valence-corrected chi connectivity index (χ0v) is 17.4. The number of hydrogen-bond donors (Lipinski definition) is 1. The molecule has 0 aromatic heterocycles. The molecule has 0 aliphatic rings. The van der Waals surface area contributed by atoms with E-state index < -0.39 is 6.04 Å². The van der Waals surface area contributed by atoms with Gasteiger partial charge in [0.2, 0.25) is 5.91 Å². The Balaban J connectivity index is 2.15. The first-order valence-corrected chi connectivity index (χ1v) is 9.61. The van der Waals surface area contributed by atoms with Crippen LogP contribution in [0.2, 0.25) is 0 Å². The van der Waals surface area contributed by atoms with Gasteiger partial charge in [-0.3, -0.25) is 9.59 Å². The molecular weight excluding hydrogens is 352 g/mol. The summed E-state index contributed by atoms with van der Waals surface area (Å²) in [5.74, 6) is 0.270. The maximum Gasteiger partial charge on any atom is 0.261 e. The molecule has 150 valence electrons. The molecular formula is C23H30N2O3. The molecule has 2 aromatic rings. The molecule has 0 radical (unpaired) electrons. The second-order valence-corrected chi connectivity index (χ2v) is 7.40. The predicted octanol–water partition coefficient (Wildman–Crippen LogP) is 3.62. The first-order valence-electron chi connectivity index (χ1n) is 9.61. The fraction of sp³-hybridized carbons (Fsp3) is 0.391. The number of benzene rings is 2. The lowest BCUT2D eigenvalue weighted by atomic mass is 10.1. The van der Waals surface area contributed by atoms with E-state index in [9.17, 15) is 9.59 Å². The molecule has 2 amide bonds. The topological polar surface area (TPSA) is 58.6 Å². The van der Waals surface area contributed by atoms with Crippen molar-refractivity contribution in [3.63, 3.8) is 0 Å². The maximum absolute atomic E-state index is 13.0. The Labute approximate surface area is 167 Å². The zero-order valence-electron chi connectivity index (χ0n) is 17.4. The highest BCUT2D eigenvalue weighted by atomic mass is 16.5. The normalized spacial score (nSPS) is 11.8. The van der Waals surface area contributed by atoms with Crippen molar-refractivity contribution in [1.82, 2.24) is 10.2 Å². The van der Waals surface area contributed by atoms with Crippen LogP contribution in [0.3, 0.4) is 0 Å². The van der Waals surface area contributed by atoms with E-state index >= 15 is 0 Å². The molecule has 0 saturated carbocycles. The van der Waals surface area contributed by atoms with Gasteiger partial charge in [0.1, 0.15) is 11.8 Å². The number of aryl methyl sites for hydroxylation is 2. The van der Waals surface area contributed by atoms with Crippen molar-refractivity contribution in [1.29, 1.82) is 0 Å². The summed E-state index contributed by atoms with van der Waals surface area (Å²) in [5.41, 5.74) is 3.08. The summed E-state index contributed by atoms with van der Waals surface area (Å²) >= 11 is 0. The largest absolute Gasteiger partial charge is 0.484 e. The van der Waals surface area contributed by atoms with E-state index in [2.05, 4.69) is 5.32 Å². The lowest BCUT2D eigenvalue weighted by molar-refractivity contribution is -0.142. The Hall–Kier alpha value is -2.82. The highest BCUT2D eigenvalue weighted by molar-refractivity contribution is 5.88. The Bertz CT molecular complexity index is 800. The molecule has 0 aliphatic carbocycles. The number of carbonyl (C=O) groups excluding carboxylic acids is 2. The Morgan fingerprint density at radius 3 is 2.25 bits per heavy atom. The second kappa shape index (κ2) is 9.93. The van der Waals surface area contributed by atoms with Crippen LogP contribution in [0.1, 0.15) is 37.5 Å². The molecule has 0 heterocycles. The van der Waals surface area contributed by atoms with Crippen molar-refractivity contribution in [3.8, 4) is 5.75 Å². The molecule has 0 unspecified atom stereocenters. The van der Waals surface area contributed by atoms with Crippen molar-refractivity contribution < 1.29 is 14.3 Å². The molecule has 5 heteroatoms. The molecule has 0 saturated heterocycles. The van der Waals surface area contributed by atoms with Crippen LogP contribution in [0, 0.1) is 13.8 Å². The number of rotatable bonds is 8. The minimum absolute atomic E-state index is 0.00879. The van der Waals surface area contributed by atoms with Crippen LogP contribution in [0.5, 0.6) is 5.75 Å². The summed E-state index contributed by atoms with van der Waals surface area (Å²) in [7, 11) is 0. The first kappa shape index (κ1) is 21.5. The van der Waals surface area contributed by atoms with E-state index in [-0.39, 0.29) is 24.5 Å². The average molecular weight is 383 g/mol. The lowest BCUT2D eigenvalue weighted by Gasteiger charge is -2.29. The number of ether oxygens (including phenoxy) is 1. The van der Waals surface area contributed by atoms with Crippen LogP contribution in [0.15, 0.2) is 48.5 Å². The molecule has 0 bridgehead atoms. The van der Waals surface area contributed by atoms with Gasteiger partial charge in [0.15, 0.2) is 6.61 Å². The van der Waals surface area contributed by atoms with Gasteiger partial charge in [0, 0.05) is 12.6 Å². The molecule has 2 rings (SSSR count). The molecule has 0 aliphatic heterocycles. The van der Waals surface area contributed by atoms with Crippen LogP contribution >= 0.6 is 0 Å². The Morgan fingerprint density at radius 1 is 1.00 bits per heavy atom. The third-order valence-electron chi connectivity index (χ3n) is 4.52. The van der Waals surface area contributed by atoms with Gasteiger partial charge < -0.3 is 15.0 Å². The number of hydrogen-bond acceptors (Lipinski definition) is 3. The van der Waals surface area contributed by atoms with Crippen molar-refractivity contribution >= 4 is 11.8 Å². The standard InChI is InChI=1S/C23H30N2O3/c1-16(2)24-23(27)19(5)25(14-20-12-10-17(3)11-13-20)22(26)15-28-21-9-7-6-8-18(21)4/h6-13,16,19H,14-15H2,1-5H3,(H,24,27)/t19-/m1/s1. The summed E-state index contributed by atoms with van der Waals surface area (Å²) in [6.07, 6.45) is 0. The number of nitrogens with one attached hydrogen (secondary N) is 1. The van der Waals surface area contributed by atoms with Gasteiger partial charge in [-0.15, -0.1) is 0 Å². The predicted molar refractivity (Wildman–Crippen MR) is 111 cm³/mol. The van der Waals surface area contributed by atoms with E-state index in [0.717, 1.165) is 16.7 Å². The van der Waals surface area contributed by atoms with Crippen LogP contribution < -0.4 is 10.1 Å². The smallest absolute Gasteiger partial charge is 0.261 e. The van der Waals surface area contributed by atoms with Gasteiger partial charge in [-0.2, -0.15) is 0 Å². The van der Waals surface area contributed by atoms with Crippen molar-refractivity contribution in [3.05, 3.63) is 65.2 Å². The van der Waals surface area contributed by atoms with Crippen LogP contribution in [0.25, 0.3) is 0 Å². The molecule has 28 heavy (non-hydrogen) atoms. The minimum Gasteiger partial charge on any atom is -0.484 e. The average Bonchev–Trinajstić information content (AvgIpc) is 2.65. The number of amides is 2. The van der Waals surface area contributed by atoms with Crippen LogP contribution in [-0.4, -0.2) is 35.4 Å². The first-order chi connectivity index (χ1) is 13.3. The SMILES string of the molecule is Cc1ccc(CN(C(=O)COc2ccccc2C)[C@H](C)C(=O)NC(C)C)cc1. The van der Waals surface area contributed by atoms with Gasteiger partial charge in [0.05, 0.1) is 0 Å². The number of carbonyl (C=O) groups is 2. The summed E-state index contributed by atoms with van der Waals surface area (Å²) in [6.45, 7) is 9.73. The second-order valence-electron chi connectivity index (χ2n) is 7.40. The van der Waals surface area contributed by atoms with Crippen molar-refractivity contribution in [2.24, 2.45) is 0 Å². The maximum atomic E-state index is 13.0. The van der Waals surface area contributed by atoms with Gasteiger partial charge in [0.25, 0.3) is 5.91 Å². The molecule has 1 atom stereocenters. The van der Waals surface area contributed by atoms with E-state index in [0.29, 0.717) is 12.3 Å². The molecule has 0 fully saturated rings. The summed E-state index contributed by atoms with van der Waals surface area (Å²) in [6, 6.07) is 14.9. The molecule has 0 spiro atoms. The van der Waals surface area contributed by atoms with Crippen molar-refractivity contribution in [2.75, 3.05) is 6.61 Å². The van der Waals surface area contributed by atoms with E-state index in [1.165, 1.54) is 0 Å². The minimum atomic E-state index is -0.600. The van der Waals surface area contributed by atoms with Gasteiger partial charge in [-0.1, -0.05) is 48.0 Å². The third kappa shape index (κ3) is 6.12. The fourth-order valence-electron chi connectivity index (χ4n) is 2.82. The quantitative estimate of drug-likeness (QED) is 0.759. The van der Waals surface area contributed by atoms with E-state index in [1.807, 2.05) is 76.2 Å². The molecule has 1 N–H and O–H groups in total. The zero-order chi connectivity index (χ0) is 20.7. The monoisotopic (exact) mass is 382 g/mol. The summed E-state index contributed by atoms with van der Waals surface area (Å²) in [4.78, 5) is 27.0. The fourth-order valence-corrected chi connectivity index (χ4v) is 2.82. The highest BCUT2D eigenvalue weighted by Crippen LogP contribution is 2.17. The van der Waals surface area contributed by atoms with E-state index in [1.54, 1.807) is 11.8 Å². The summed E-state index contributed by atoms with van der Waals surface area (Å²) in [5, 5.41) is 2.88. The Kier molecular flexibility index (Phi) is 7.61. The lowest BCUT2D eigenvalue weighted by Crippen LogP contribution is -2.50. The number of para-hydroxylation sites is 1. The number of nitrogens with zero attached hydrogens (tertiary/aromatic N) is 1. The van der Waals surface area contributed by atoms with E-state index in [4.69, 9.17) is 4.74 Å². The molecule has 2 aromatic carbocycles. The van der Waals surface area contributed by atoms with Gasteiger partial charge in [-0.25, -0.2) is 0 Å². The third-order valence-corrected chi connectivity index (χ3v) is 4.52. The highest BCUT2D eigenvalue weighted by Gasteiger charge is 2.26. The van der Waals surface area contributed by atoms with Gasteiger partial charge in [-0.05, 0) is 51.8 Å². The van der Waals surface area contributed by atoms with Crippen LogP contribution in [0.4, 0.5) is 0 Å². The summed E-state index contributed by atoms with van der Waals surface area (Å²) < 4.78 is 5.72. The Morgan fingerprint density at radius 2 is 1.64 bits per heavy atom. The van der Waals surface area contributed by atoms with Crippen molar-refractivity contribution in [2.45, 2.75) is 53.2 Å². The van der Waals surface area contributed by atoms with Crippen LogP contribution in [-0.2, 0) is 16.1 Å².